The molecule has 0 N–H and O–H groups in total. The summed E-state index contributed by atoms with van der Waals surface area (Å²) >= 11 is 0. The molecule has 2 unspecified atom stereocenters. The summed E-state index contributed by atoms with van der Waals surface area (Å²) in [4.78, 5) is 25.2. The normalized spacial score (nSPS) is 12.9. The predicted octanol–water partition coefficient (Wildman–Crippen LogP) is 4.24. The third kappa shape index (κ3) is 4.68. The van der Waals surface area contributed by atoms with Crippen LogP contribution in [0.1, 0.15) is 36.8 Å². The summed E-state index contributed by atoms with van der Waals surface area (Å²) in [5.41, 5.74) is -0.747. The average molecular weight is 398 g/mol. The molecule has 0 amide bonds. The zero-order valence-corrected chi connectivity index (χ0v) is 15.2. The van der Waals surface area contributed by atoms with Gasteiger partial charge in [0.15, 0.2) is 0 Å². The highest BCUT2D eigenvalue weighted by Gasteiger charge is 2.41. The number of halogens is 4. The van der Waals surface area contributed by atoms with Crippen LogP contribution in [-0.2, 0) is 19.1 Å². The van der Waals surface area contributed by atoms with Crippen molar-refractivity contribution in [1.29, 1.82) is 0 Å². The Balaban J connectivity index is 2.70. The van der Waals surface area contributed by atoms with E-state index < -0.39 is 47.0 Å². The molecule has 150 valence electrons. The van der Waals surface area contributed by atoms with Crippen molar-refractivity contribution in [3.05, 3.63) is 70.8 Å². The van der Waals surface area contributed by atoms with E-state index in [1.54, 1.807) is 0 Å². The second kappa shape index (κ2) is 9.34. The van der Waals surface area contributed by atoms with Gasteiger partial charge in [-0.2, -0.15) is 0 Å². The number of benzene rings is 2. The van der Waals surface area contributed by atoms with Gasteiger partial charge < -0.3 is 9.47 Å². The lowest BCUT2D eigenvalue weighted by Crippen LogP contribution is -2.31. The first-order valence-corrected chi connectivity index (χ1v) is 8.53. The van der Waals surface area contributed by atoms with Gasteiger partial charge in [0.25, 0.3) is 0 Å². The molecule has 0 saturated carbocycles. The van der Waals surface area contributed by atoms with Crippen molar-refractivity contribution in [3.63, 3.8) is 0 Å². The number of carbonyl (C=O) groups excluding carboxylic acids is 2. The molecule has 2 aromatic carbocycles. The maximum Gasteiger partial charge on any atom is 0.314 e. The van der Waals surface area contributed by atoms with Crippen LogP contribution in [0.5, 0.6) is 0 Å². The zero-order chi connectivity index (χ0) is 20.8. The van der Waals surface area contributed by atoms with E-state index in [0.29, 0.717) is 12.1 Å². The Morgan fingerprint density at radius 2 is 1.11 bits per heavy atom. The number of carbonyl (C=O) groups is 2. The molecule has 0 radical (unpaired) electrons. The molecule has 8 heteroatoms. The fourth-order valence-electron chi connectivity index (χ4n) is 2.86. The first-order valence-electron chi connectivity index (χ1n) is 8.53. The molecular weight excluding hydrogens is 380 g/mol. The van der Waals surface area contributed by atoms with Gasteiger partial charge in [0.05, 0.1) is 13.2 Å². The van der Waals surface area contributed by atoms with Crippen molar-refractivity contribution in [2.24, 2.45) is 0 Å². The van der Waals surface area contributed by atoms with Crippen LogP contribution in [0.4, 0.5) is 17.6 Å². The second-order valence-electron chi connectivity index (χ2n) is 5.79. The summed E-state index contributed by atoms with van der Waals surface area (Å²) in [5, 5.41) is 0. The lowest BCUT2D eigenvalue weighted by atomic mass is 9.80. The Kier molecular flexibility index (Phi) is 7.14. The van der Waals surface area contributed by atoms with Crippen molar-refractivity contribution in [2.45, 2.75) is 25.7 Å². The van der Waals surface area contributed by atoms with Crippen LogP contribution >= 0.6 is 0 Å². The van der Waals surface area contributed by atoms with Gasteiger partial charge in [-0.25, -0.2) is 17.6 Å². The van der Waals surface area contributed by atoms with E-state index in [1.807, 2.05) is 0 Å². The van der Waals surface area contributed by atoms with Gasteiger partial charge in [0.2, 0.25) is 0 Å². The van der Waals surface area contributed by atoms with E-state index in [0.717, 1.165) is 24.3 Å². The maximum atomic E-state index is 14.4. The molecule has 2 aromatic rings. The van der Waals surface area contributed by atoms with E-state index in [2.05, 4.69) is 0 Å². The lowest BCUT2D eigenvalue weighted by Gasteiger charge is -2.25. The van der Waals surface area contributed by atoms with E-state index >= 15 is 0 Å². The topological polar surface area (TPSA) is 52.6 Å². The molecule has 0 aliphatic carbocycles. The Labute approximate surface area is 159 Å². The van der Waals surface area contributed by atoms with Crippen molar-refractivity contribution < 1.29 is 36.6 Å². The summed E-state index contributed by atoms with van der Waals surface area (Å²) in [6.07, 6.45) is 0. The summed E-state index contributed by atoms with van der Waals surface area (Å²) in [7, 11) is 0. The highest BCUT2D eigenvalue weighted by molar-refractivity contribution is 5.90. The third-order valence-electron chi connectivity index (χ3n) is 4.01. The van der Waals surface area contributed by atoms with Crippen LogP contribution < -0.4 is 0 Å². The van der Waals surface area contributed by atoms with Gasteiger partial charge in [0.1, 0.15) is 35.1 Å². The molecule has 0 aliphatic heterocycles. The average Bonchev–Trinajstić information content (AvgIpc) is 2.61. The van der Waals surface area contributed by atoms with Crippen molar-refractivity contribution in [3.8, 4) is 0 Å². The highest BCUT2D eigenvalue weighted by Crippen LogP contribution is 2.38. The Hall–Kier alpha value is -2.90. The summed E-state index contributed by atoms with van der Waals surface area (Å²) < 4.78 is 65.4. The van der Waals surface area contributed by atoms with Crippen LogP contribution in [-0.4, -0.2) is 25.2 Å². The van der Waals surface area contributed by atoms with Crippen LogP contribution in [0, 0.1) is 23.3 Å². The molecule has 28 heavy (non-hydrogen) atoms. The monoisotopic (exact) mass is 398 g/mol. The van der Waals surface area contributed by atoms with Gasteiger partial charge >= 0.3 is 11.9 Å². The first-order chi connectivity index (χ1) is 13.3. The smallest absolute Gasteiger partial charge is 0.314 e. The second-order valence-corrected chi connectivity index (χ2v) is 5.79. The van der Waals surface area contributed by atoms with Crippen LogP contribution in [0.2, 0.25) is 0 Å². The van der Waals surface area contributed by atoms with Crippen molar-refractivity contribution in [1.82, 2.24) is 0 Å². The van der Waals surface area contributed by atoms with Crippen LogP contribution in [0.25, 0.3) is 0 Å². The van der Waals surface area contributed by atoms with Gasteiger partial charge in [-0.05, 0) is 26.0 Å². The fourth-order valence-corrected chi connectivity index (χ4v) is 2.86. The summed E-state index contributed by atoms with van der Waals surface area (Å²) in [6.45, 7) is 2.79. The van der Waals surface area contributed by atoms with Gasteiger partial charge in [0, 0.05) is 23.3 Å². The van der Waals surface area contributed by atoms with E-state index in [4.69, 9.17) is 9.47 Å². The predicted molar refractivity (Wildman–Crippen MR) is 91.5 cm³/mol. The Morgan fingerprint density at radius 3 is 1.39 bits per heavy atom. The fraction of sp³-hybridized carbons (Fsp3) is 0.300. The Bertz CT molecular complexity index is 798. The first kappa shape index (κ1) is 21.4. The minimum atomic E-state index is -1.67. The molecule has 0 aliphatic rings. The molecule has 2 atom stereocenters. The molecule has 0 aromatic heterocycles. The molecule has 0 saturated heterocycles. The van der Waals surface area contributed by atoms with Crippen molar-refractivity contribution >= 4 is 11.9 Å². The largest absolute Gasteiger partial charge is 0.465 e. The number of rotatable bonds is 7. The molecule has 0 spiro atoms. The Morgan fingerprint density at radius 1 is 0.750 bits per heavy atom. The van der Waals surface area contributed by atoms with Crippen molar-refractivity contribution in [2.75, 3.05) is 13.2 Å². The van der Waals surface area contributed by atoms with Gasteiger partial charge in [-0.15, -0.1) is 0 Å². The van der Waals surface area contributed by atoms with E-state index in [-0.39, 0.29) is 24.3 Å². The minimum absolute atomic E-state index is 0.0976. The summed E-state index contributed by atoms with van der Waals surface area (Å²) in [6, 6.07) is 4.80. The van der Waals surface area contributed by atoms with Crippen LogP contribution in [0.3, 0.4) is 0 Å². The van der Waals surface area contributed by atoms with E-state index in [1.165, 1.54) is 13.8 Å². The van der Waals surface area contributed by atoms with Gasteiger partial charge in [-0.3, -0.25) is 9.59 Å². The molecule has 0 heterocycles. The quantitative estimate of drug-likeness (QED) is 0.517. The van der Waals surface area contributed by atoms with Crippen LogP contribution in [0.15, 0.2) is 36.4 Å². The molecule has 0 fully saturated rings. The molecule has 2 rings (SSSR count). The number of ether oxygens (including phenoxy) is 2. The number of hydrogen-bond donors (Lipinski definition) is 0. The molecule has 4 nitrogen and oxygen atoms in total. The maximum absolute atomic E-state index is 14.4. The molecule has 0 bridgehead atoms. The molecular formula is C20H18F4O4. The number of hydrogen-bond acceptors (Lipinski definition) is 4. The van der Waals surface area contributed by atoms with Gasteiger partial charge in [-0.1, -0.05) is 12.1 Å². The third-order valence-corrected chi connectivity index (χ3v) is 4.01. The highest BCUT2D eigenvalue weighted by atomic mass is 19.1. The minimum Gasteiger partial charge on any atom is -0.465 e. The summed E-state index contributed by atoms with van der Waals surface area (Å²) in [5.74, 6) is -9.43. The standard InChI is InChI=1S/C20H18F4O4/c1-3-27-19(25)17(13-7-5-11(21)9-15(13)23)18(20(26)28-4-2)14-8-6-12(22)10-16(14)24/h5-10,17-18H,3-4H2,1-2H3. The SMILES string of the molecule is CCOC(=O)C(c1ccc(F)cc1F)C(C(=O)OCC)c1ccc(F)cc1F. The number of esters is 2. The van der Waals surface area contributed by atoms with E-state index in [9.17, 15) is 27.2 Å². The zero-order valence-electron chi connectivity index (χ0n) is 15.2. The lowest BCUT2D eigenvalue weighted by molar-refractivity contribution is -0.153.